The maximum absolute atomic E-state index is 12.7. The van der Waals surface area contributed by atoms with Crippen molar-refractivity contribution in [2.45, 2.75) is 18.0 Å². The molecule has 1 aromatic carbocycles. The monoisotopic (exact) mass is 387 g/mol. The summed E-state index contributed by atoms with van der Waals surface area (Å²) < 4.78 is 41.7. The average molecular weight is 387 g/mol. The highest BCUT2D eigenvalue weighted by molar-refractivity contribution is 7.99. The minimum atomic E-state index is -4.82. The summed E-state index contributed by atoms with van der Waals surface area (Å²) in [5.74, 6) is -0.129. The Hall–Kier alpha value is -1.67. The van der Waals surface area contributed by atoms with Crippen LogP contribution >= 0.6 is 23.1 Å². The molecule has 0 radical (unpaired) electrons. The third-order valence-electron chi connectivity index (χ3n) is 3.83. The number of amides is 1. The van der Waals surface area contributed by atoms with E-state index in [1.807, 2.05) is 11.4 Å². The summed E-state index contributed by atoms with van der Waals surface area (Å²) in [6.07, 6.45) is -4.05. The molecule has 2 aromatic rings. The molecular formula is C17H16F3NO2S2. The van der Waals surface area contributed by atoms with Gasteiger partial charge in [0.2, 0.25) is 0 Å². The number of rotatable bonds is 3. The van der Waals surface area contributed by atoms with Crippen LogP contribution in [0.3, 0.4) is 0 Å². The van der Waals surface area contributed by atoms with Crippen LogP contribution in [0.15, 0.2) is 41.8 Å². The SMILES string of the molecule is O=C(c1ccccc1OC(F)(F)F)N1CCSC(c2cccs2)CC1. The Morgan fingerprint density at radius 1 is 1.16 bits per heavy atom. The van der Waals surface area contributed by atoms with E-state index in [9.17, 15) is 18.0 Å². The van der Waals surface area contributed by atoms with E-state index < -0.39 is 18.0 Å². The zero-order valence-corrected chi connectivity index (χ0v) is 14.8. The predicted octanol–water partition coefficient (Wildman–Crippen LogP) is 4.97. The Morgan fingerprint density at radius 3 is 2.68 bits per heavy atom. The molecule has 1 unspecified atom stereocenters. The van der Waals surface area contributed by atoms with Crippen LogP contribution in [0.4, 0.5) is 13.2 Å². The van der Waals surface area contributed by atoms with Gasteiger partial charge in [-0.15, -0.1) is 24.5 Å². The number of halogens is 3. The Balaban J connectivity index is 1.73. The fourth-order valence-electron chi connectivity index (χ4n) is 2.70. The number of hydrogen-bond donors (Lipinski definition) is 0. The lowest BCUT2D eigenvalue weighted by molar-refractivity contribution is -0.274. The lowest BCUT2D eigenvalue weighted by atomic mass is 10.1. The van der Waals surface area contributed by atoms with Gasteiger partial charge in [-0.3, -0.25) is 4.79 Å². The van der Waals surface area contributed by atoms with Gasteiger partial charge in [-0.05, 0) is 30.0 Å². The Kier molecular flexibility index (Phi) is 5.58. The molecule has 1 saturated heterocycles. The fourth-order valence-corrected chi connectivity index (χ4v) is 4.94. The van der Waals surface area contributed by atoms with Crippen LogP contribution in [0.1, 0.15) is 26.9 Å². The highest BCUT2D eigenvalue weighted by Gasteiger charge is 2.33. The maximum atomic E-state index is 12.7. The van der Waals surface area contributed by atoms with Crippen molar-refractivity contribution < 1.29 is 22.7 Å². The number of hydrogen-bond acceptors (Lipinski definition) is 4. The van der Waals surface area contributed by atoms with Crippen molar-refractivity contribution in [3.8, 4) is 5.75 Å². The second-order valence-corrected chi connectivity index (χ2v) is 7.79. The molecule has 1 aliphatic rings. The number of thioether (sulfide) groups is 1. The van der Waals surface area contributed by atoms with E-state index in [2.05, 4.69) is 10.8 Å². The van der Waals surface area contributed by atoms with Crippen LogP contribution < -0.4 is 4.74 Å². The van der Waals surface area contributed by atoms with Crippen molar-refractivity contribution in [3.63, 3.8) is 0 Å². The number of carbonyl (C=O) groups is 1. The first-order valence-electron chi connectivity index (χ1n) is 7.73. The number of benzene rings is 1. The summed E-state index contributed by atoms with van der Waals surface area (Å²) in [7, 11) is 0. The van der Waals surface area contributed by atoms with Gasteiger partial charge >= 0.3 is 6.36 Å². The van der Waals surface area contributed by atoms with Gasteiger partial charge in [-0.2, -0.15) is 11.8 Å². The van der Waals surface area contributed by atoms with Crippen LogP contribution in [-0.2, 0) is 0 Å². The molecule has 25 heavy (non-hydrogen) atoms. The van der Waals surface area contributed by atoms with Crippen LogP contribution in [0.25, 0.3) is 0 Å². The Morgan fingerprint density at radius 2 is 1.96 bits per heavy atom. The molecule has 1 fully saturated rings. The molecule has 1 amide bonds. The molecule has 0 spiro atoms. The number of alkyl halides is 3. The van der Waals surface area contributed by atoms with Crippen molar-refractivity contribution >= 4 is 29.0 Å². The molecule has 134 valence electrons. The third kappa shape index (κ3) is 4.70. The van der Waals surface area contributed by atoms with Gasteiger partial charge < -0.3 is 9.64 Å². The number of carbonyl (C=O) groups excluding carboxylic acids is 1. The summed E-state index contributed by atoms with van der Waals surface area (Å²) in [6.45, 7) is 1.01. The second kappa shape index (κ2) is 7.70. The van der Waals surface area contributed by atoms with E-state index in [0.29, 0.717) is 18.3 Å². The molecule has 1 aliphatic heterocycles. The summed E-state index contributed by atoms with van der Waals surface area (Å²) in [5.41, 5.74) is -0.0561. The van der Waals surface area contributed by atoms with Crippen molar-refractivity contribution in [2.75, 3.05) is 18.8 Å². The van der Waals surface area contributed by atoms with E-state index in [1.54, 1.807) is 28.0 Å². The van der Waals surface area contributed by atoms with Crippen molar-refractivity contribution in [3.05, 3.63) is 52.2 Å². The predicted molar refractivity (Wildman–Crippen MR) is 93.2 cm³/mol. The van der Waals surface area contributed by atoms with Gasteiger partial charge in [-0.25, -0.2) is 0 Å². The summed E-state index contributed by atoms with van der Waals surface area (Å²) in [5, 5.41) is 2.34. The van der Waals surface area contributed by atoms with E-state index >= 15 is 0 Å². The third-order valence-corrected chi connectivity index (χ3v) is 6.28. The lowest BCUT2D eigenvalue weighted by Gasteiger charge is -2.22. The zero-order chi connectivity index (χ0) is 17.9. The average Bonchev–Trinajstić information content (AvgIpc) is 2.98. The highest BCUT2D eigenvalue weighted by atomic mass is 32.2. The van der Waals surface area contributed by atoms with E-state index in [1.165, 1.54) is 29.1 Å². The van der Waals surface area contributed by atoms with Crippen molar-refractivity contribution in [1.29, 1.82) is 0 Å². The summed E-state index contributed by atoms with van der Waals surface area (Å²) >= 11 is 3.46. The maximum Gasteiger partial charge on any atom is 0.573 e. The molecule has 1 atom stereocenters. The Labute approximate surface area is 151 Å². The lowest BCUT2D eigenvalue weighted by Crippen LogP contribution is -2.33. The fraction of sp³-hybridized carbons (Fsp3) is 0.353. The molecule has 2 heterocycles. The second-order valence-electron chi connectivity index (χ2n) is 5.50. The van der Waals surface area contributed by atoms with Gasteiger partial charge in [0.1, 0.15) is 5.75 Å². The molecule has 3 nitrogen and oxygen atoms in total. The van der Waals surface area contributed by atoms with Gasteiger partial charge in [-0.1, -0.05) is 18.2 Å². The number of ether oxygens (including phenoxy) is 1. The molecule has 0 aliphatic carbocycles. The molecule has 0 N–H and O–H groups in total. The summed E-state index contributed by atoms with van der Waals surface area (Å²) in [6, 6.07) is 9.58. The smallest absolute Gasteiger partial charge is 0.405 e. The topological polar surface area (TPSA) is 29.5 Å². The molecule has 0 saturated carbocycles. The first-order chi connectivity index (χ1) is 11.9. The standard InChI is InChI=1S/C17H16F3NO2S2/c18-17(19,20)23-13-5-2-1-4-12(13)16(22)21-8-7-15(25-11-9-21)14-6-3-10-24-14/h1-6,10,15H,7-9,11H2. The van der Waals surface area contributed by atoms with Crippen molar-refractivity contribution in [2.24, 2.45) is 0 Å². The van der Waals surface area contributed by atoms with Crippen molar-refractivity contribution in [1.82, 2.24) is 4.90 Å². The van der Waals surface area contributed by atoms with Gasteiger partial charge in [0.15, 0.2) is 0 Å². The zero-order valence-electron chi connectivity index (χ0n) is 13.2. The first-order valence-corrected chi connectivity index (χ1v) is 9.66. The first kappa shape index (κ1) is 18.1. The minimum absolute atomic E-state index is 0.0561. The molecule has 3 rings (SSSR count). The number of para-hydroxylation sites is 1. The highest BCUT2D eigenvalue weighted by Crippen LogP contribution is 2.37. The van der Waals surface area contributed by atoms with E-state index in [4.69, 9.17) is 0 Å². The van der Waals surface area contributed by atoms with E-state index in [0.717, 1.165) is 12.2 Å². The normalized spacial score (nSPS) is 18.7. The Bertz CT molecular complexity index is 719. The quantitative estimate of drug-likeness (QED) is 0.745. The van der Waals surface area contributed by atoms with Crippen LogP contribution in [-0.4, -0.2) is 36.0 Å². The number of nitrogens with zero attached hydrogens (tertiary/aromatic N) is 1. The van der Waals surface area contributed by atoms with Crippen LogP contribution in [0.5, 0.6) is 5.75 Å². The van der Waals surface area contributed by atoms with Gasteiger partial charge in [0, 0.05) is 29.0 Å². The van der Waals surface area contributed by atoms with Gasteiger partial charge in [0.05, 0.1) is 5.56 Å². The van der Waals surface area contributed by atoms with Crippen LogP contribution in [0.2, 0.25) is 0 Å². The molecular weight excluding hydrogens is 371 g/mol. The number of thiophene rings is 1. The molecule has 8 heteroatoms. The largest absolute Gasteiger partial charge is 0.573 e. The molecule has 0 bridgehead atoms. The minimum Gasteiger partial charge on any atom is -0.405 e. The van der Waals surface area contributed by atoms with E-state index in [-0.39, 0.29) is 5.56 Å². The van der Waals surface area contributed by atoms with Gasteiger partial charge in [0.25, 0.3) is 5.91 Å². The molecule has 1 aromatic heterocycles. The summed E-state index contributed by atoms with van der Waals surface area (Å²) in [4.78, 5) is 15.6. The van der Waals surface area contributed by atoms with Crippen LogP contribution in [0, 0.1) is 0 Å².